The van der Waals surface area contributed by atoms with Crippen LogP contribution in [0.5, 0.6) is 11.5 Å². The first-order valence-electron chi connectivity index (χ1n) is 15.5. The molecule has 11 heteroatoms. The summed E-state index contributed by atoms with van der Waals surface area (Å²) in [6, 6.07) is 11.8. The normalized spacial score (nSPS) is 19.3. The van der Waals surface area contributed by atoms with E-state index in [-0.39, 0.29) is 24.8 Å². The van der Waals surface area contributed by atoms with E-state index in [0.717, 1.165) is 37.7 Å². The first-order valence-corrected chi connectivity index (χ1v) is 15.5. The molecule has 0 unspecified atom stereocenters. The van der Waals surface area contributed by atoms with Gasteiger partial charge in [0.2, 0.25) is 17.6 Å². The van der Waals surface area contributed by atoms with Crippen LogP contribution in [-0.2, 0) is 25.7 Å². The molecular weight excluding hydrogens is 564 g/mol. The highest BCUT2D eigenvalue weighted by molar-refractivity contribution is 6.38. The van der Waals surface area contributed by atoms with Gasteiger partial charge in [0.25, 0.3) is 11.8 Å². The third kappa shape index (κ3) is 8.15. The van der Waals surface area contributed by atoms with E-state index in [1.165, 1.54) is 0 Å². The smallest absolute Gasteiger partial charge is 0.289 e. The average molecular weight is 605 g/mol. The highest BCUT2D eigenvalue weighted by Crippen LogP contribution is 2.31. The van der Waals surface area contributed by atoms with Gasteiger partial charge in [-0.1, -0.05) is 62.4 Å². The van der Waals surface area contributed by atoms with Crippen molar-refractivity contribution < 1.29 is 33.4 Å². The SMILES string of the molecule is O=C(NCc1ccccc1)C(=O)[C@H](C[C@@H]1CCNC1=O)NC(=O)[C@H](CC1CCCCC1)NC(=O)c1ccc2c(c1)OCCO2. The Kier molecular flexibility index (Phi) is 10.5. The Morgan fingerprint density at radius 2 is 1.59 bits per heavy atom. The largest absolute Gasteiger partial charge is 0.486 e. The summed E-state index contributed by atoms with van der Waals surface area (Å²) in [5, 5.41) is 11.0. The Hall–Kier alpha value is -4.41. The zero-order valence-electron chi connectivity index (χ0n) is 24.8. The maximum Gasteiger partial charge on any atom is 0.289 e. The molecule has 234 valence electrons. The van der Waals surface area contributed by atoms with Gasteiger partial charge in [-0.2, -0.15) is 0 Å². The van der Waals surface area contributed by atoms with E-state index in [4.69, 9.17) is 9.47 Å². The van der Waals surface area contributed by atoms with E-state index >= 15 is 0 Å². The second-order valence-electron chi connectivity index (χ2n) is 11.7. The summed E-state index contributed by atoms with van der Waals surface area (Å²) in [5.74, 6) is -2.20. The maximum absolute atomic E-state index is 13.8. The Labute approximate surface area is 256 Å². The molecule has 1 saturated heterocycles. The van der Waals surface area contributed by atoms with Crippen LogP contribution in [0.25, 0.3) is 0 Å². The standard InChI is InChI=1S/C33H40N4O7/c38-29(33(42)35-20-22-9-5-2-6-10-22)25(18-24-13-14-34-30(24)39)36-32(41)26(17-21-7-3-1-4-8-21)37-31(40)23-11-12-27-28(19-23)44-16-15-43-27/h2,5-6,9-12,19,21,24-26H,1,3-4,7-8,13-18,20H2,(H,34,39)(H,35,42)(H,36,41)(H,37,40)/t24-,25-,26-/m0/s1. The second-order valence-corrected chi connectivity index (χ2v) is 11.7. The fourth-order valence-electron chi connectivity index (χ4n) is 6.10. The van der Waals surface area contributed by atoms with Crippen LogP contribution in [0.2, 0.25) is 0 Å². The molecule has 3 atom stereocenters. The zero-order chi connectivity index (χ0) is 30.9. The van der Waals surface area contributed by atoms with Crippen LogP contribution in [0, 0.1) is 11.8 Å². The number of hydrogen-bond acceptors (Lipinski definition) is 7. The van der Waals surface area contributed by atoms with Gasteiger partial charge in [-0.25, -0.2) is 0 Å². The van der Waals surface area contributed by atoms with Gasteiger partial charge in [-0.15, -0.1) is 0 Å². The van der Waals surface area contributed by atoms with Gasteiger partial charge in [0, 0.05) is 24.6 Å². The quantitative estimate of drug-likeness (QED) is 0.272. The fraction of sp³-hybridized carbons (Fsp3) is 0.485. The van der Waals surface area contributed by atoms with Crippen LogP contribution in [0.3, 0.4) is 0 Å². The molecule has 0 spiro atoms. The number of carbonyl (C=O) groups is 5. The van der Waals surface area contributed by atoms with E-state index in [1.807, 2.05) is 30.3 Å². The monoisotopic (exact) mass is 604 g/mol. The van der Waals surface area contributed by atoms with Crippen LogP contribution in [0.4, 0.5) is 0 Å². The molecule has 0 radical (unpaired) electrons. The molecule has 2 aliphatic heterocycles. The van der Waals surface area contributed by atoms with E-state index < -0.39 is 41.5 Å². The van der Waals surface area contributed by atoms with Gasteiger partial charge in [0.1, 0.15) is 19.3 Å². The Morgan fingerprint density at radius 1 is 0.841 bits per heavy atom. The molecule has 11 nitrogen and oxygen atoms in total. The van der Waals surface area contributed by atoms with Gasteiger partial charge >= 0.3 is 0 Å². The summed E-state index contributed by atoms with van der Waals surface area (Å²) in [7, 11) is 0. The molecule has 4 amide bonds. The Morgan fingerprint density at radius 3 is 2.32 bits per heavy atom. The molecule has 4 N–H and O–H groups in total. The Balaban J connectivity index is 1.31. The van der Waals surface area contributed by atoms with Gasteiger partial charge in [-0.05, 0) is 48.9 Å². The zero-order valence-corrected chi connectivity index (χ0v) is 24.8. The van der Waals surface area contributed by atoms with Gasteiger partial charge in [-0.3, -0.25) is 24.0 Å². The molecule has 0 bridgehead atoms. The Bertz CT molecular complexity index is 1360. The first-order chi connectivity index (χ1) is 21.4. The molecule has 2 fully saturated rings. The number of ether oxygens (including phenoxy) is 2. The molecule has 2 aromatic carbocycles. The number of hydrogen-bond donors (Lipinski definition) is 4. The van der Waals surface area contributed by atoms with Crippen LogP contribution >= 0.6 is 0 Å². The number of rotatable bonds is 12. The van der Waals surface area contributed by atoms with E-state index in [9.17, 15) is 24.0 Å². The first kappa shape index (κ1) is 31.0. The minimum atomic E-state index is -1.23. The third-order valence-electron chi connectivity index (χ3n) is 8.56. The number of fused-ring (bicyclic) bond motifs is 1. The summed E-state index contributed by atoms with van der Waals surface area (Å²) in [6.07, 6.45) is 6.00. The second kappa shape index (κ2) is 14.9. The van der Waals surface area contributed by atoms with Crippen molar-refractivity contribution in [2.75, 3.05) is 19.8 Å². The molecule has 3 aliphatic rings. The van der Waals surface area contributed by atoms with Gasteiger partial charge in [0.15, 0.2) is 11.5 Å². The van der Waals surface area contributed by atoms with Crippen molar-refractivity contribution in [2.45, 2.75) is 70.0 Å². The number of ketones is 1. The van der Waals surface area contributed by atoms with Crippen molar-refractivity contribution in [3.05, 3.63) is 59.7 Å². The van der Waals surface area contributed by atoms with Gasteiger partial charge < -0.3 is 30.7 Å². The van der Waals surface area contributed by atoms with Crippen LogP contribution in [0.1, 0.15) is 67.3 Å². The minimum Gasteiger partial charge on any atom is -0.486 e. The van der Waals surface area contributed by atoms with Crippen molar-refractivity contribution in [1.82, 2.24) is 21.3 Å². The lowest BCUT2D eigenvalue weighted by Crippen LogP contribution is -2.55. The lowest BCUT2D eigenvalue weighted by molar-refractivity contribution is -0.141. The van der Waals surface area contributed by atoms with Crippen molar-refractivity contribution in [3.8, 4) is 11.5 Å². The topological polar surface area (TPSA) is 152 Å². The third-order valence-corrected chi connectivity index (χ3v) is 8.56. The summed E-state index contributed by atoms with van der Waals surface area (Å²) in [6.45, 7) is 1.41. The highest BCUT2D eigenvalue weighted by Gasteiger charge is 2.36. The number of benzene rings is 2. The summed E-state index contributed by atoms with van der Waals surface area (Å²) in [4.78, 5) is 66.0. The van der Waals surface area contributed by atoms with Gasteiger partial charge in [0.05, 0.1) is 6.04 Å². The maximum atomic E-state index is 13.8. The molecule has 2 aromatic rings. The summed E-state index contributed by atoms with van der Waals surface area (Å²) in [5.41, 5.74) is 1.13. The van der Waals surface area contributed by atoms with Crippen molar-refractivity contribution in [3.63, 3.8) is 0 Å². The molecule has 1 saturated carbocycles. The molecule has 5 rings (SSSR count). The van der Waals surface area contributed by atoms with Crippen LogP contribution < -0.4 is 30.7 Å². The minimum absolute atomic E-state index is 0.0125. The van der Waals surface area contributed by atoms with E-state index in [0.29, 0.717) is 49.7 Å². The van der Waals surface area contributed by atoms with Crippen LogP contribution in [0.15, 0.2) is 48.5 Å². The fourth-order valence-corrected chi connectivity index (χ4v) is 6.10. The molecule has 2 heterocycles. The summed E-state index contributed by atoms with van der Waals surface area (Å²) < 4.78 is 11.2. The number of amides is 4. The lowest BCUT2D eigenvalue weighted by Gasteiger charge is -2.28. The van der Waals surface area contributed by atoms with E-state index in [1.54, 1.807) is 18.2 Å². The molecule has 1 aliphatic carbocycles. The summed E-state index contributed by atoms with van der Waals surface area (Å²) >= 11 is 0. The van der Waals surface area contributed by atoms with E-state index in [2.05, 4.69) is 21.3 Å². The predicted molar refractivity (Wildman–Crippen MR) is 161 cm³/mol. The average Bonchev–Trinajstić information content (AvgIpc) is 3.46. The van der Waals surface area contributed by atoms with Crippen molar-refractivity contribution >= 4 is 29.4 Å². The lowest BCUT2D eigenvalue weighted by atomic mass is 9.84. The molecular formula is C33H40N4O7. The molecule has 44 heavy (non-hydrogen) atoms. The number of carbonyl (C=O) groups excluding carboxylic acids is 5. The van der Waals surface area contributed by atoms with Crippen molar-refractivity contribution in [1.29, 1.82) is 0 Å². The highest BCUT2D eigenvalue weighted by atomic mass is 16.6. The van der Waals surface area contributed by atoms with Crippen LogP contribution in [-0.4, -0.2) is 61.3 Å². The number of nitrogens with one attached hydrogen (secondary N) is 4. The van der Waals surface area contributed by atoms with Crippen molar-refractivity contribution in [2.24, 2.45) is 11.8 Å². The predicted octanol–water partition coefficient (Wildman–Crippen LogP) is 2.42. The molecule has 0 aromatic heterocycles. The number of Topliss-reactive ketones (excluding diaryl/α,β-unsaturated/α-hetero) is 1.